The third-order valence-electron chi connectivity index (χ3n) is 8.44. The van der Waals surface area contributed by atoms with Crippen LogP contribution in [0, 0.1) is 13.8 Å². The molecule has 6 aromatic rings. The molecule has 6 rings (SSSR count). The minimum atomic E-state index is -4.33. The van der Waals surface area contributed by atoms with Gasteiger partial charge in [-0.2, -0.15) is 9.47 Å². The highest BCUT2D eigenvalue weighted by atomic mass is 35.5. The number of aryl methyl sites for hydroxylation is 3. The van der Waals surface area contributed by atoms with Crippen molar-refractivity contribution < 1.29 is 22.7 Å². The van der Waals surface area contributed by atoms with E-state index in [-0.39, 0.29) is 17.2 Å². The van der Waals surface area contributed by atoms with E-state index in [0.29, 0.717) is 45.3 Å². The van der Waals surface area contributed by atoms with Crippen molar-refractivity contribution in [3.63, 3.8) is 0 Å². The lowest BCUT2D eigenvalue weighted by Gasteiger charge is -2.28. The molecule has 1 amide bonds. The third kappa shape index (κ3) is 6.53. The van der Waals surface area contributed by atoms with Gasteiger partial charge in [-0.3, -0.25) is 13.8 Å². The second kappa shape index (κ2) is 13.7. The molecule has 0 aliphatic carbocycles. The number of aromatic nitrogens is 4. The molecule has 11 nitrogen and oxygen atoms in total. The number of methoxy groups -OCH3 is 2. The zero-order chi connectivity index (χ0) is 35.0. The van der Waals surface area contributed by atoms with Crippen LogP contribution in [0.4, 0.5) is 5.69 Å². The molecule has 0 fully saturated rings. The Morgan fingerprint density at radius 3 is 2.47 bits per heavy atom. The van der Waals surface area contributed by atoms with Gasteiger partial charge in [0.25, 0.3) is 10.0 Å². The number of ether oxygens (including phenoxy) is 2. The minimum absolute atomic E-state index is 0.0651. The van der Waals surface area contributed by atoms with E-state index in [9.17, 15) is 13.2 Å². The molecule has 0 saturated carbocycles. The smallest absolute Gasteiger partial charge is 0.264 e. The van der Waals surface area contributed by atoms with Crippen LogP contribution in [-0.2, 0) is 28.4 Å². The zero-order valence-corrected chi connectivity index (χ0v) is 30.3. The first-order valence-corrected chi connectivity index (χ1v) is 18.0. The summed E-state index contributed by atoms with van der Waals surface area (Å²) in [5, 5.41) is 6.57. The summed E-state index contributed by atoms with van der Waals surface area (Å²) in [5.74, 6) is 0.226. The summed E-state index contributed by atoms with van der Waals surface area (Å²) in [6.45, 7) is 5.84. The van der Waals surface area contributed by atoms with Crippen molar-refractivity contribution in [1.29, 1.82) is 0 Å². The Kier molecular flexibility index (Phi) is 9.52. The van der Waals surface area contributed by atoms with Gasteiger partial charge in [0.1, 0.15) is 6.54 Å². The van der Waals surface area contributed by atoms with Crippen LogP contribution in [0.25, 0.3) is 32.2 Å². The molecule has 0 saturated heterocycles. The van der Waals surface area contributed by atoms with Crippen molar-refractivity contribution in [2.75, 3.05) is 31.6 Å². The number of halogens is 1. The number of benzene rings is 3. The molecule has 49 heavy (non-hydrogen) atoms. The Labute approximate surface area is 293 Å². The number of rotatable bonds is 11. The number of carbonyl (C=O) groups excluding carboxylic acids is 1. The van der Waals surface area contributed by atoms with Crippen LogP contribution in [0.1, 0.15) is 24.0 Å². The molecule has 0 spiro atoms. The molecule has 3 heterocycles. The number of amides is 1. The molecule has 0 radical (unpaired) electrons. The molecule has 0 N–H and O–H groups in total. The van der Waals surface area contributed by atoms with Gasteiger partial charge in [-0.1, -0.05) is 17.7 Å². The lowest BCUT2D eigenvalue weighted by molar-refractivity contribution is -0.130. The first kappa shape index (κ1) is 34.2. The number of likely N-dealkylation sites (N-methyl/N-ethyl adjacent to an activating group) is 1. The van der Waals surface area contributed by atoms with Gasteiger partial charge in [0.2, 0.25) is 5.91 Å². The van der Waals surface area contributed by atoms with Crippen molar-refractivity contribution in [3.05, 3.63) is 88.8 Å². The molecule has 0 aliphatic rings. The summed E-state index contributed by atoms with van der Waals surface area (Å²) in [7, 11) is 0.411. The SMILES string of the molecule is CCN(Cc1cc(C)n(C)n1)C(=O)CN(c1cccc2nc(-c3cc(Cl)cc4snc(C)c34)ccc12)S(=O)(=O)c1ccc(OC)c(OC)c1. The molecule has 0 unspecified atom stereocenters. The average Bonchev–Trinajstić information content (AvgIpc) is 3.63. The number of hydrogen-bond donors (Lipinski definition) is 0. The first-order valence-electron chi connectivity index (χ1n) is 15.4. The van der Waals surface area contributed by atoms with E-state index >= 15 is 0 Å². The van der Waals surface area contributed by atoms with Gasteiger partial charge in [0, 0.05) is 46.7 Å². The van der Waals surface area contributed by atoms with E-state index in [1.54, 1.807) is 21.7 Å². The number of hydrogen-bond acceptors (Lipinski definition) is 9. The molecular weight excluding hydrogens is 684 g/mol. The van der Waals surface area contributed by atoms with Crippen molar-refractivity contribution in [1.82, 2.24) is 24.0 Å². The molecule has 14 heteroatoms. The minimum Gasteiger partial charge on any atom is -0.493 e. The van der Waals surface area contributed by atoms with Gasteiger partial charge in [-0.15, -0.1) is 0 Å². The van der Waals surface area contributed by atoms with Gasteiger partial charge >= 0.3 is 0 Å². The predicted molar refractivity (Wildman–Crippen MR) is 193 cm³/mol. The van der Waals surface area contributed by atoms with E-state index in [0.717, 1.165) is 31.3 Å². The van der Waals surface area contributed by atoms with Crippen molar-refractivity contribution >= 4 is 65.7 Å². The fourth-order valence-corrected chi connectivity index (χ4v) is 8.40. The first-order chi connectivity index (χ1) is 23.4. The van der Waals surface area contributed by atoms with E-state index in [1.165, 1.54) is 44.0 Å². The van der Waals surface area contributed by atoms with Crippen LogP contribution < -0.4 is 13.8 Å². The number of pyridine rings is 1. The molecule has 0 aliphatic heterocycles. The molecule has 0 bridgehead atoms. The van der Waals surface area contributed by atoms with Crippen molar-refractivity contribution in [3.8, 4) is 22.8 Å². The lowest BCUT2D eigenvalue weighted by Crippen LogP contribution is -2.43. The Hall–Kier alpha value is -4.72. The maximum atomic E-state index is 14.6. The van der Waals surface area contributed by atoms with E-state index in [2.05, 4.69) is 9.47 Å². The predicted octanol–water partition coefficient (Wildman–Crippen LogP) is 6.78. The lowest BCUT2D eigenvalue weighted by atomic mass is 10.0. The normalized spacial score (nSPS) is 11.7. The summed E-state index contributed by atoms with van der Waals surface area (Å²) >= 11 is 7.85. The number of nitrogens with zero attached hydrogens (tertiary/aromatic N) is 6. The summed E-state index contributed by atoms with van der Waals surface area (Å²) < 4.78 is 48.3. The van der Waals surface area contributed by atoms with Crippen LogP contribution in [0.5, 0.6) is 11.5 Å². The number of anilines is 1. The van der Waals surface area contributed by atoms with E-state index in [1.807, 2.05) is 64.2 Å². The molecular formula is C35H35ClN6O5S2. The van der Waals surface area contributed by atoms with Crippen LogP contribution in [-0.4, -0.2) is 65.7 Å². The van der Waals surface area contributed by atoms with Crippen LogP contribution in [0.3, 0.4) is 0 Å². The van der Waals surface area contributed by atoms with Gasteiger partial charge in [-0.05, 0) is 86.9 Å². The highest BCUT2D eigenvalue weighted by Crippen LogP contribution is 2.38. The highest BCUT2D eigenvalue weighted by Gasteiger charge is 2.31. The van der Waals surface area contributed by atoms with E-state index in [4.69, 9.17) is 26.1 Å². The second-order valence-electron chi connectivity index (χ2n) is 11.5. The van der Waals surface area contributed by atoms with Crippen LogP contribution in [0.15, 0.2) is 71.6 Å². The highest BCUT2D eigenvalue weighted by molar-refractivity contribution is 7.92. The fraction of sp³-hybridized carbons (Fsp3) is 0.257. The second-order valence-corrected chi connectivity index (χ2v) is 14.6. The Balaban J connectivity index is 1.47. The quantitative estimate of drug-likeness (QED) is 0.144. The summed E-state index contributed by atoms with van der Waals surface area (Å²) in [6, 6.07) is 18.9. The number of fused-ring (bicyclic) bond motifs is 2. The third-order valence-corrected chi connectivity index (χ3v) is 11.3. The maximum Gasteiger partial charge on any atom is 0.264 e. The summed E-state index contributed by atoms with van der Waals surface area (Å²) in [4.78, 5) is 20.5. The Bertz CT molecular complexity index is 2300. The van der Waals surface area contributed by atoms with Crippen LogP contribution in [0.2, 0.25) is 5.02 Å². The topological polar surface area (TPSA) is 120 Å². The zero-order valence-electron chi connectivity index (χ0n) is 27.9. The molecule has 0 atom stereocenters. The Morgan fingerprint density at radius 2 is 1.78 bits per heavy atom. The Morgan fingerprint density at radius 1 is 1.00 bits per heavy atom. The van der Waals surface area contributed by atoms with Crippen molar-refractivity contribution in [2.24, 2.45) is 7.05 Å². The standard InChI is InChI=1S/C35H35ClN6O5S2/c1-7-41(19-24-15-21(2)40(4)38-24)34(43)20-42(49(44,45)25-11-14-31(46-5)32(18-25)47-6)30-10-8-9-28-26(30)12-13-29(37-28)27-16-23(36)17-33-35(27)22(3)39-48-33/h8-18H,7,19-20H2,1-6H3. The average molecular weight is 719 g/mol. The monoisotopic (exact) mass is 718 g/mol. The van der Waals surface area contributed by atoms with Gasteiger partial charge < -0.3 is 14.4 Å². The molecule has 3 aromatic carbocycles. The van der Waals surface area contributed by atoms with Gasteiger partial charge in [0.05, 0.1) is 58.6 Å². The number of sulfonamides is 1. The summed E-state index contributed by atoms with van der Waals surface area (Å²) in [5.41, 5.74) is 4.85. The van der Waals surface area contributed by atoms with Crippen molar-refractivity contribution in [2.45, 2.75) is 32.2 Å². The van der Waals surface area contributed by atoms with Crippen LogP contribution >= 0.6 is 23.1 Å². The largest absolute Gasteiger partial charge is 0.493 e. The number of carbonyl (C=O) groups is 1. The maximum absolute atomic E-state index is 14.6. The van der Waals surface area contributed by atoms with E-state index < -0.39 is 22.5 Å². The molecule has 3 aromatic heterocycles. The van der Waals surface area contributed by atoms with Gasteiger partial charge in [-0.25, -0.2) is 13.4 Å². The summed E-state index contributed by atoms with van der Waals surface area (Å²) in [6.07, 6.45) is 0. The van der Waals surface area contributed by atoms with Gasteiger partial charge in [0.15, 0.2) is 11.5 Å². The molecule has 254 valence electrons. The fourth-order valence-electron chi connectivity index (χ4n) is 5.81.